The van der Waals surface area contributed by atoms with Gasteiger partial charge in [0.25, 0.3) is 0 Å². The lowest BCUT2D eigenvalue weighted by Gasteiger charge is -2.30. The second-order valence-electron chi connectivity index (χ2n) is 5.87. The smallest absolute Gasteiger partial charge is 0.193 e. The standard InChI is InChI=1S/C17H30N4O/c1-13(2)21(14(3)4)12-8-11-19-17(18)20-15-9-6-7-10-16(15)22-5/h6-7,9-10,13-14H,8,11-12H2,1-5H3,(H3,18,19,20). The van der Waals surface area contributed by atoms with Crippen molar-refractivity contribution >= 4 is 11.6 Å². The molecular weight excluding hydrogens is 276 g/mol. The predicted octanol–water partition coefficient (Wildman–Crippen LogP) is 2.93. The number of hydrogen-bond donors (Lipinski definition) is 2. The zero-order chi connectivity index (χ0) is 16.5. The van der Waals surface area contributed by atoms with Crippen molar-refractivity contribution in [2.45, 2.75) is 46.2 Å². The number of methoxy groups -OCH3 is 1. The normalized spacial score (nSPS) is 12.3. The van der Waals surface area contributed by atoms with Gasteiger partial charge in [0, 0.05) is 25.2 Å². The fourth-order valence-electron chi connectivity index (χ4n) is 2.49. The van der Waals surface area contributed by atoms with E-state index in [2.05, 4.69) is 42.9 Å². The highest BCUT2D eigenvalue weighted by Gasteiger charge is 2.12. The molecule has 1 aromatic carbocycles. The summed E-state index contributed by atoms with van der Waals surface area (Å²) in [4.78, 5) is 6.84. The number of anilines is 1. The highest BCUT2D eigenvalue weighted by atomic mass is 16.5. The Labute approximate surface area is 134 Å². The minimum absolute atomic E-state index is 0.421. The molecule has 0 fully saturated rings. The zero-order valence-corrected chi connectivity index (χ0v) is 14.5. The third kappa shape index (κ3) is 5.93. The average Bonchev–Trinajstić information content (AvgIpc) is 2.46. The molecule has 0 heterocycles. The highest BCUT2D eigenvalue weighted by Crippen LogP contribution is 2.22. The summed E-state index contributed by atoms with van der Waals surface area (Å²) >= 11 is 0. The number of para-hydroxylation sites is 2. The maximum absolute atomic E-state index is 5.94. The van der Waals surface area contributed by atoms with E-state index in [1.807, 2.05) is 24.3 Å². The van der Waals surface area contributed by atoms with Crippen LogP contribution in [0.25, 0.3) is 0 Å². The van der Waals surface area contributed by atoms with E-state index in [1.165, 1.54) is 0 Å². The van der Waals surface area contributed by atoms with Gasteiger partial charge in [0.2, 0.25) is 0 Å². The Morgan fingerprint density at radius 1 is 1.23 bits per heavy atom. The number of hydrogen-bond acceptors (Lipinski definition) is 3. The van der Waals surface area contributed by atoms with E-state index in [0.29, 0.717) is 24.6 Å². The second kappa shape index (κ2) is 9.30. The van der Waals surface area contributed by atoms with E-state index < -0.39 is 0 Å². The molecule has 0 saturated heterocycles. The van der Waals surface area contributed by atoms with Gasteiger partial charge in [-0.3, -0.25) is 9.89 Å². The summed E-state index contributed by atoms with van der Waals surface area (Å²) in [6.07, 6.45) is 0.991. The topological polar surface area (TPSA) is 62.9 Å². The molecule has 1 aromatic rings. The van der Waals surface area contributed by atoms with Crippen LogP contribution in [0, 0.1) is 0 Å². The molecule has 0 amide bonds. The largest absolute Gasteiger partial charge is 0.495 e. The van der Waals surface area contributed by atoms with Gasteiger partial charge >= 0.3 is 0 Å². The predicted molar refractivity (Wildman–Crippen MR) is 94.7 cm³/mol. The number of benzene rings is 1. The van der Waals surface area contributed by atoms with Crippen LogP contribution in [-0.4, -0.2) is 43.1 Å². The Kier molecular flexibility index (Phi) is 7.74. The van der Waals surface area contributed by atoms with Gasteiger partial charge in [0.1, 0.15) is 5.75 Å². The summed E-state index contributed by atoms with van der Waals surface area (Å²) in [5.41, 5.74) is 6.77. The quantitative estimate of drug-likeness (QED) is 0.440. The van der Waals surface area contributed by atoms with Gasteiger partial charge in [-0.05, 0) is 46.2 Å². The molecule has 1 rings (SSSR count). The molecule has 5 heteroatoms. The van der Waals surface area contributed by atoms with E-state index in [9.17, 15) is 0 Å². The molecule has 0 bridgehead atoms. The first kappa shape index (κ1) is 18.3. The van der Waals surface area contributed by atoms with Gasteiger partial charge in [-0.15, -0.1) is 0 Å². The van der Waals surface area contributed by atoms with Crippen molar-refractivity contribution in [1.82, 2.24) is 4.90 Å². The molecule has 0 aliphatic carbocycles. The van der Waals surface area contributed by atoms with Crippen LogP contribution in [0.5, 0.6) is 5.75 Å². The fraction of sp³-hybridized carbons (Fsp3) is 0.588. The molecule has 22 heavy (non-hydrogen) atoms. The summed E-state index contributed by atoms with van der Waals surface area (Å²) < 4.78 is 5.28. The van der Waals surface area contributed by atoms with E-state index in [4.69, 9.17) is 10.5 Å². The molecule has 5 nitrogen and oxygen atoms in total. The van der Waals surface area contributed by atoms with Crippen LogP contribution in [0.15, 0.2) is 29.3 Å². The van der Waals surface area contributed by atoms with Gasteiger partial charge < -0.3 is 15.8 Å². The molecular formula is C17H30N4O. The first-order valence-electron chi connectivity index (χ1n) is 7.91. The molecule has 0 aromatic heterocycles. The Bertz CT molecular complexity index is 463. The number of rotatable bonds is 8. The van der Waals surface area contributed by atoms with Crippen molar-refractivity contribution in [3.63, 3.8) is 0 Å². The van der Waals surface area contributed by atoms with Gasteiger partial charge in [-0.2, -0.15) is 0 Å². The lowest BCUT2D eigenvalue weighted by Crippen LogP contribution is -2.38. The monoisotopic (exact) mass is 306 g/mol. The summed E-state index contributed by atoms with van der Waals surface area (Å²) in [6, 6.07) is 8.76. The molecule has 0 unspecified atom stereocenters. The van der Waals surface area contributed by atoms with Crippen LogP contribution >= 0.6 is 0 Å². The van der Waals surface area contributed by atoms with Gasteiger partial charge in [-0.25, -0.2) is 0 Å². The van der Waals surface area contributed by atoms with Crippen LogP contribution < -0.4 is 15.8 Å². The Hall–Kier alpha value is -1.75. The van der Waals surface area contributed by atoms with Gasteiger partial charge in [-0.1, -0.05) is 12.1 Å². The first-order chi connectivity index (χ1) is 10.5. The Morgan fingerprint density at radius 2 is 1.86 bits per heavy atom. The van der Waals surface area contributed by atoms with E-state index in [-0.39, 0.29) is 0 Å². The Balaban J connectivity index is 2.46. The van der Waals surface area contributed by atoms with E-state index in [1.54, 1.807) is 7.11 Å². The lowest BCUT2D eigenvalue weighted by molar-refractivity contribution is 0.174. The van der Waals surface area contributed by atoms with Crippen molar-refractivity contribution in [2.24, 2.45) is 10.7 Å². The molecule has 0 aliphatic rings. The van der Waals surface area contributed by atoms with Crippen molar-refractivity contribution < 1.29 is 4.74 Å². The summed E-state index contributed by atoms with van der Waals surface area (Å²) in [5, 5.41) is 3.08. The molecule has 0 atom stereocenters. The minimum Gasteiger partial charge on any atom is -0.495 e. The van der Waals surface area contributed by atoms with Crippen LogP contribution in [0.3, 0.4) is 0 Å². The van der Waals surface area contributed by atoms with Crippen molar-refractivity contribution in [3.8, 4) is 5.75 Å². The van der Waals surface area contributed by atoms with E-state index >= 15 is 0 Å². The van der Waals surface area contributed by atoms with Gasteiger partial charge in [0.05, 0.1) is 12.8 Å². The van der Waals surface area contributed by atoms with Crippen LogP contribution in [0.1, 0.15) is 34.1 Å². The SMILES string of the molecule is COc1ccccc1NC(N)=NCCCN(C(C)C)C(C)C. The van der Waals surface area contributed by atoms with Gasteiger partial charge in [0.15, 0.2) is 5.96 Å². The summed E-state index contributed by atoms with van der Waals surface area (Å²) in [6.45, 7) is 10.6. The number of nitrogens with one attached hydrogen (secondary N) is 1. The number of ether oxygens (including phenoxy) is 1. The maximum Gasteiger partial charge on any atom is 0.193 e. The molecule has 0 radical (unpaired) electrons. The number of guanidine groups is 1. The fourth-order valence-corrected chi connectivity index (χ4v) is 2.49. The molecule has 0 spiro atoms. The summed E-state index contributed by atoms with van der Waals surface area (Å²) in [5.74, 6) is 1.18. The molecule has 124 valence electrons. The van der Waals surface area contributed by atoms with Crippen molar-refractivity contribution in [3.05, 3.63) is 24.3 Å². The van der Waals surface area contributed by atoms with Crippen molar-refractivity contribution in [1.29, 1.82) is 0 Å². The molecule has 3 N–H and O–H groups in total. The van der Waals surface area contributed by atoms with Crippen LogP contribution in [-0.2, 0) is 0 Å². The van der Waals surface area contributed by atoms with Crippen molar-refractivity contribution in [2.75, 3.05) is 25.5 Å². The number of nitrogens with zero attached hydrogens (tertiary/aromatic N) is 2. The van der Waals surface area contributed by atoms with Crippen LogP contribution in [0.2, 0.25) is 0 Å². The Morgan fingerprint density at radius 3 is 2.45 bits per heavy atom. The lowest BCUT2D eigenvalue weighted by atomic mass is 10.2. The number of aliphatic imine (C=N–C) groups is 1. The third-order valence-electron chi connectivity index (χ3n) is 3.55. The third-order valence-corrected chi connectivity index (χ3v) is 3.55. The van der Waals surface area contributed by atoms with Crippen LogP contribution in [0.4, 0.5) is 5.69 Å². The minimum atomic E-state index is 0.421. The van der Waals surface area contributed by atoms with E-state index in [0.717, 1.165) is 24.4 Å². The summed E-state index contributed by atoms with van der Waals surface area (Å²) in [7, 11) is 1.64. The molecule has 0 saturated carbocycles. The molecule has 0 aliphatic heterocycles. The maximum atomic E-state index is 5.94. The average molecular weight is 306 g/mol. The highest BCUT2D eigenvalue weighted by molar-refractivity contribution is 5.93. The second-order valence-corrected chi connectivity index (χ2v) is 5.87. The number of nitrogens with two attached hydrogens (primary N) is 1. The zero-order valence-electron chi connectivity index (χ0n) is 14.5. The first-order valence-corrected chi connectivity index (χ1v) is 7.91.